The minimum absolute atomic E-state index is 0.0728. The molecule has 0 bridgehead atoms. The first kappa shape index (κ1) is 15.4. The Labute approximate surface area is 116 Å². The number of carbonyl (C=O) groups excluding carboxylic acids is 2. The third-order valence-corrected chi connectivity index (χ3v) is 2.68. The number of amides is 2. The van der Waals surface area contributed by atoms with E-state index in [0.717, 1.165) is 6.08 Å². The number of carboxylic acids is 1. The number of hydrogen-bond donors (Lipinski definition) is 3. The second kappa shape index (κ2) is 7.08. The summed E-state index contributed by atoms with van der Waals surface area (Å²) < 4.78 is 0. The van der Waals surface area contributed by atoms with Gasteiger partial charge in [0.2, 0.25) is 5.91 Å². The van der Waals surface area contributed by atoms with E-state index in [2.05, 4.69) is 5.32 Å². The van der Waals surface area contributed by atoms with Crippen LogP contribution in [0.15, 0.2) is 24.3 Å². The molecule has 1 aromatic rings. The molecule has 0 radical (unpaired) electrons. The van der Waals surface area contributed by atoms with E-state index in [1.165, 1.54) is 6.08 Å². The second-order valence-corrected chi connectivity index (χ2v) is 4.16. The highest BCUT2D eigenvalue weighted by Crippen LogP contribution is 2.15. The van der Waals surface area contributed by atoms with Crippen LogP contribution in [0.25, 0.3) is 6.08 Å². The second-order valence-electron chi connectivity index (χ2n) is 4.16. The van der Waals surface area contributed by atoms with Crippen LogP contribution in [-0.4, -0.2) is 29.4 Å². The lowest BCUT2D eigenvalue weighted by Gasteiger charge is -2.09. The van der Waals surface area contributed by atoms with Gasteiger partial charge in [0, 0.05) is 24.6 Å². The zero-order valence-corrected chi connectivity index (χ0v) is 11.1. The monoisotopic (exact) mass is 276 g/mol. The van der Waals surface area contributed by atoms with E-state index in [1.807, 2.05) is 0 Å². The molecule has 1 rings (SSSR count). The summed E-state index contributed by atoms with van der Waals surface area (Å²) in [6.45, 7) is 1.90. The molecule has 4 N–H and O–H groups in total. The number of benzene rings is 1. The van der Waals surface area contributed by atoms with Gasteiger partial charge < -0.3 is 16.2 Å². The third kappa shape index (κ3) is 4.56. The van der Waals surface area contributed by atoms with Gasteiger partial charge in [-0.25, -0.2) is 4.79 Å². The summed E-state index contributed by atoms with van der Waals surface area (Å²) in [6.07, 6.45) is 2.51. The molecule has 6 heteroatoms. The number of aliphatic carboxylic acids is 1. The van der Waals surface area contributed by atoms with E-state index in [-0.39, 0.29) is 18.9 Å². The number of rotatable bonds is 6. The number of hydrogen-bond acceptors (Lipinski definition) is 3. The van der Waals surface area contributed by atoms with E-state index in [4.69, 9.17) is 10.8 Å². The Bertz CT molecular complexity index is 564. The van der Waals surface area contributed by atoms with Crippen molar-refractivity contribution in [2.75, 3.05) is 6.54 Å². The van der Waals surface area contributed by atoms with Crippen molar-refractivity contribution >= 4 is 23.9 Å². The summed E-state index contributed by atoms with van der Waals surface area (Å²) in [5.41, 5.74) is 6.73. The predicted octanol–water partition coefficient (Wildman–Crippen LogP) is 0.698. The van der Waals surface area contributed by atoms with Crippen molar-refractivity contribution in [3.63, 3.8) is 0 Å². The Kier molecular flexibility index (Phi) is 5.46. The molecule has 1 aromatic carbocycles. The van der Waals surface area contributed by atoms with E-state index in [9.17, 15) is 14.4 Å². The standard InChI is InChI=1S/C14H16N2O4/c1-9-10(5-6-13(18)19)3-2-4-11(9)14(20)16-8-7-12(15)17/h2-6H,7-8H2,1H3,(H2,15,17)(H,16,20)(H,18,19). The van der Waals surface area contributed by atoms with Gasteiger partial charge in [-0.3, -0.25) is 9.59 Å². The van der Waals surface area contributed by atoms with Gasteiger partial charge in [0.05, 0.1) is 0 Å². The topological polar surface area (TPSA) is 109 Å². The van der Waals surface area contributed by atoms with Gasteiger partial charge in [0.25, 0.3) is 5.91 Å². The van der Waals surface area contributed by atoms with Crippen molar-refractivity contribution in [1.82, 2.24) is 5.32 Å². The summed E-state index contributed by atoms with van der Waals surface area (Å²) in [6, 6.07) is 5.01. The maximum atomic E-state index is 11.9. The van der Waals surface area contributed by atoms with Gasteiger partial charge in [-0.2, -0.15) is 0 Å². The molecule has 0 aliphatic heterocycles. The number of carbonyl (C=O) groups is 3. The minimum atomic E-state index is -1.05. The van der Waals surface area contributed by atoms with E-state index in [1.54, 1.807) is 25.1 Å². The number of nitrogens with two attached hydrogens (primary N) is 1. The third-order valence-electron chi connectivity index (χ3n) is 2.68. The van der Waals surface area contributed by atoms with Crippen LogP contribution in [0.5, 0.6) is 0 Å². The number of nitrogens with one attached hydrogen (secondary N) is 1. The SMILES string of the molecule is Cc1c(C=CC(=O)O)cccc1C(=O)NCCC(N)=O. The van der Waals surface area contributed by atoms with Crippen molar-refractivity contribution < 1.29 is 19.5 Å². The first-order chi connectivity index (χ1) is 9.41. The molecule has 0 atom stereocenters. The highest BCUT2D eigenvalue weighted by Gasteiger charge is 2.10. The summed E-state index contributed by atoms with van der Waals surface area (Å²) >= 11 is 0. The normalized spacial score (nSPS) is 10.4. The van der Waals surface area contributed by atoms with Crippen LogP contribution in [0, 0.1) is 6.92 Å². The van der Waals surface area contributed by atoms with Gasteiger partial charge >= 0.3 is 5.97 Å². The molecule has 0 aliphatic rings. The molecule has 6 nitrogen and oxygen atoms in total. The fraction of sp³-hybridized carbons (Fsp3) is 0.214. The molecule has 2 amide bonds. The van der Waals surface area contributed by atoms with E-state index < -0.39 is 11.9 Å². The first-order valence-corrected chi connectivity index (χ1v) is 5.99. The van der Waals surface area contributed by atoms with Crippen LogP contribution in [0.3, 0.4) is 0 Å². The van der Waals surface area contributed by atoms with Crippen LogP contribution < -0.4 is 11.1 Å². The van der Waals surface area contributed by atoms with Crippen LogP contribution in [0.2, 0.25) is 0 Å². The summed E-state index contributed by atoms with van der Waals surface area (Å²) in [5.74, 6) is -1.87. The molecule has 0 spiro atoms. The largest absolute Gasteiger partial charge is 0.478 e. The average Bonchev–Trinajstić information content (AvgIpc) is 2.36. The van der Waals surface area contributed by atoms with Gasteiger partial charge in [-0.1, -0.05) is 12.1 Å². The molecule has 0 aliphatic carbocycles. The van der Waals surface area contributed by atoms with Crippen molar-refractivity contribution in [2.24, 2.45) is 5.73 Å². The van der Waals surface area contributed by atoms with Crippen LogP contribution >= 0.6 is 0 Å². The Morgan fingerprint density at radius 2 is 2.05 bits per heavy atom. The summed E-state index contributed by atoms with van der Waals surface area (Å²) in [4.78, 5) is 33.0. The average molecular weight is 276 g/mol. The van der Waals surface area contributed by atoms with Gasteiger partial charge in [-0.05, 0) is 30.2 Å². The van der Waals surface area contributed by atoms with E-state index in [0.29, 0.717) is 16.7 Å². The zero-order valence-electron chi connectivity index (χ0n) is 11.1. The van der Waals surface area contributed by atoms with Crippen molar-refractivity contribution in [2.45, 2.75) is 13.3 Å². The molecule has 0 saturated heterocycles. The lowest BCUT2D eigenvalue weighted by Crippen LogP contribution is -2.28. The fourth-order valence-electron chi connectivity index (χ4n) is 1.64. The van der Waals surface area contributed by atoms with E-state index >= 15 is 0 Å². The Hall–Kier alpha value is -2.63. The fourth-order valence-corrected chi connectivity index (χ4v) is 1.64. The highest BCUT2D eigenvalue weighted by atomic mass is 16.4. The number of carboxylic acid groups (broad SMARTS) is 1. The molecule has 0 aromatic heterocycles. The van der Waals surface area contributed by atoms with Crippen LogP contribution in [-0.2, 0) is 9.59 Å². The highest BCUT2D eigenvalue weighted by molar-refractivity contribution is 5.97. The van der Waals surface area contributed by atoms with Crippen LogP contribution in [0.1, 0.15) is 27.9 Å². The van der Waals surface area contributed by atoms with Crippen molar-refractivity contribution in [3.8, 4) is 0 Å². The molecular formula is C14H16N2O4. The molecule has 0 unspecified atom stereocenters. The van der Waals surface area contributed by atoms with Crippen LogP contribution in [0.4, 0.5) is 0 Å². The summed E-state index contributed by atoms with van der Waals surface area (Å²) in [7, 11) is 0. The Morgan fingerprint density at radius 1 is 1.35 bits per heavy atom. The quantitative estimate of drug-likeness (QED) is 0.664. The molecule has 20 heavy (non-hydrogen) atoms. The van der Waals surface area contributed by atoms with Gasteiger partial charge in [0.1, 0.15) is 0 Å². The smallest absolute Gasteiger partial charge is 0.328 e. The van der Waals surface area contributed by atoms with Gasteiger partial charge in [-0.15, -0.1) is 0 Å². The minimum Gasteiger partial charge on any atom is -0.478 e. The molecule has 0 heterocycles. The molecule has 106 valence electrons. The lowest BCUT2D eigenvalue weighted by atomic mass is 10.0. The van der Waals surface area contributed by atoms with Gasteiger partial charge in [0.15, 0.2) is 0 Å². The Morgan fingerprint density at radius 3 is 2.65 bits per heavy atom. The molecule has 0 fully saturated rings. The summed E-state index contributed by atoms with van der Waals surface area (Å²) in [5, 5.41) is 11.2. The molecular weight excluding hydrogens is 260 g/mol. The molecule has 0 saturated carbocycles. The lowest BCUT2D eigenvalue weighted by molar-refractivity contribution is -0.131. The maximum Gasteiger partial charge on any atom is 0.328 e. The van der Waals surface area contributed by atoms with Crippen molar-refractivity contribution in [1.29, 1.82) is 0 Å². The predicted molar refractivity (Wildman–Crippen MR) is 74.0 cm³/mol. The number of primary amides is 1. The first-order valence-electron chi connectivity index (χ1n) is 5.99. The van der Waals surface area contributed by atoms with Crippen molar-refractivity contribution in [3.05, 3.63) is 41.0 Å². The Balaban J connectivity index is 2.85. The zero-order chi connectivity index (χ0) is 15.1. The maximum absolute atomic E-state index is 11.9.